The molecule has 1 heterocycles. The highest BCUT2D eigenvalue weighted by Gasteiger charge is 2.17. The van der Waals surface area contributed by atoms with E-state index in [4.69, 9.17) is 0 Å². The number of rotatable bonds is 6. The lowest BCUT2D eigenvalue weighted by Crippen LogP contribution is -2.23. The Bertz CT molecular complexity index is 621. The van der Waals surface area contributed by atoms with E-state index < -0.39 is 5.97 Å². The number of nitrogens with zero attached hydrogens (tertiary/aromatic N) is 1. The van der Waals surface area contributed by atoms with E-state index in [-0.39, 0.29) is 0 Å². The van der Waals surface area contributed by atoms with Gasteiger partial charge in [0.1, 0.15) is 0 Å². The summed E-state index contributed by atoms with van der Waals surface area (Å²) >= 11 is 3.13. The fourth-order valence-electron chi connectivity index (χ4n) is 2.09. The SMILES string of the molecule is Cc1sc(CN(C)C)c(SCc2ccccc2)c1C(=O)[O-]. The molecule has 5 heteroatoms. The van der Waals surface area contributed by atoms with Gasteiger partial charge in [-0.25, -0.2) is 0 Å². The summed E-state index contributed by atoms with van der Waals surface area (Å²) in [5.74, 6) is -0.318. The van der Waals surface area contributed by atoms with Crippen molar-refractivity contribution in [3.8, 4) is 0 Å². The van der Waals surface area contributed by atoms with Crippen LogP contribution in [0.2, 0.25) is 0 Å². The summed E-state index contributed by atoms with van der Waals surface area (Å²) in [4.78, 5) is 16.2. The first-order valence-electron chi connectivity index (χ1n) is 6.64. The van der Waals surface area contributed by atoms with Crippen molar-refractivity contribution in [3.05, 3.63) is 51.2 Å². The normalized spacial score (nSPS) is 11.0. The Balaban J connectivity index is 2.28. The van der Waals surface area contributed by atoms with Gasteiger partial charge in [-0.1, -0.05) is 30.3 Å². The first-order valence-corrected chi connectivity index (χ1v) is 8.44. The van der Waals surface area contributed by atoms with Crippen molar-refractivity contribution >= 4 is 29.1 Å². The molecule has 0 amide bonds. The summed E-state index contributed by atoms with van der Waals surface area (Å²) in [6, 6.07) is 10.1. The zero-order valence-electron chi connectivity index (χ0n) is 12.4. The number of carbonyl (C=O) groups is 1. The van der Waals surface area contributed by atoms with E-state index in [1.54, 1.807) is 23.1 Å². The second-order valence-electron chi connectivity index (χ2n) is 5.09. The molecule has 0 N–H and O–H groups in total. The Morgan fingerprint density at radius 2 is 1.95 bits per heavy atom. The molecule has 3 nitrogen and oxygen atoms in total. The lowest BCUT2D eigenvalue weighted by atomic mass is 10.2. The van der Waals surface area contributed by atoms with Gasteiger partial charge in [-0.05, 0) is 26.6 Å². The summed E-state index contributed by atoms with van der Waals surface area (Å²) in [7, 11) is 3.97. The molecule has 112 valence electrons. The van der Waals surface area contributed by atoms with Gasteiger partial charge in [0.15, 0.2) is 0 Å². The number of thioether (sulfide) groups is 1. The number of hydrogen-bond acceptors (Lipinski definition) is 5. The van der Waals surface area contributed by atoms with Crippen LogP contribution in [0.5, 0.6) is 0 Å². The molecule has 2 rings (SSSR count). The van der Waals surface area contributed by atoms with Crippen LogP contribution in [0.1, 0.15) is 25.7 Å². The number of carboxylic acids is 1. The first-order chi connectivity index (χ1) is 9.99. The minimum Gasteiger partial charge on any atom is -0.545 e. The average Bonchev–Trinajstić information content (AvgIpc) is 2.72. The predicted octanol–water partition coefficient (Wildman–Crippen LogP) is 2.77. The van der Waals surface area contributed by atoms with E-state index in [1.165, 1.54) is 5.56 Å². The van der Waals surface area contributed by atoms with Crippen LogP contribution in [0.25, 0.3) is 0 Å². The summed E-state index contributed by atoms with van der Waals surface area (Å²) in [6.45, 7) is 2.59. The molecule has 1 aromatic carbocycles. The third kappa shape index (κ3) is 4.09. The molecule has 0 aliphatic heterocycles. The van der Waals surface area contributed by atoms with Crippen LogP contribution in [0.3, 0.4) is 0 Å². The molecule has 0 bridgehead atoms. The van der Waals surface area contributed by atoms with E-state index in [0.29, 0.717) is 5.56 Å². The lowest BCUT2D eigenvalue weighted by molar-refractivity contribution is -0.255. The number of hydrogen-bond donors (Lipinski definition) is 0. The summed E-state index contributed by atoms with van der Waals surface area (Å²) in [6.07, 6.45) is 0. The van der Waals surface area contributed by atoms with Crippen LogP contribution in [0.15, 0.2) is 35.2 Å². The minimum absolute atomic E-state index is 0.359. The fourth-order valence-corrected chi connectivity index (χ4v) is 4.74. The van der Waals surface area contributed by atoms with Crippen LogP contribution in [-0.4, -0.2) is 25.0 Å². The quantitative estimate of drug-likeness (QED) is 0.768. The number of aryl methyl sites for hydroxylation is 1. The third-order valence-electron chi connectivity index (χ3n) is 3.00. The molecular weight excluding hydrogens is 302 g/mol. The second kappa shape index (κ2) is 7.11. The number of thiophene rings is 1. The highest BCUT2D eigenvalue weighted by atomic mass is 32.2. The molecule has 0 unspecified atom stereocenters. The molecule has 0 radical (unpaired) electrons. The van der Waals surface area contributed by atoms with Gasteiger partial charge in [-0.2, -0.15) is 0 Å². The molecule has 0 saturated heterocycles. The van der Waals surface area contributed by atoms with Gasteiger partial charge in [0, 0.05) is 32.5 Å². The van der Waals surface area contributed by atoms with Crippen LogP contribution in [0.4, 0.5) is 0 Å². The molecule has 0 fully saturated rings. The Morgan fingerprint density at radius 3 is 2.52 bits per heavy atom. The standard InChI is InChI=1S/C16H19NO2S2/c1-11-14(16(18)19)15(13(21-11)9-17(2)3)20-10-12-7-5-4-6-8-12/h4-8H,9-10H2,1-3H3,(H,18,19)/p-1. The highest BCUT2D eigenvalue weighted by molar-refractivity contribution is 7.98. The number of carboxylic acid groups (broad SMARTS) is 1. The highest BCUT2D eigenvalue weighted by Crippen LogP contribution is 2.37. The summed E-state index contributed by atoms with van der Waals surface area (Å²) < 4.78 is 0. The van der Waals surface area contributed by atoms with Crippen LogP contribution in [0, 0.1) is 6.92 Å². The third-order valence-corrected chi connectivity index (χ3v) is 5.43. The Hall–Kier alpha value is -1.30. The molecule has 1 aromatic heterocycles. The average molecular weight is 320 g/mol. The van der Waals surface area contributed by atoms with E-state index in [1.807, 2.05) is 39.2 Å². The molecule has 0 atom stereocenters. The fraction of sp³-hybridized carbons (Fsp3) is 0.312. The van der Waals surface area contributed by atoms with Crippen molar-refractivity contribution in [2.24, 2.45) is 0 Å². The van der Waals surface area contributed by atoms with Crippen LogP contribution < -0.4 is 5.11 Å². The number of carbonyl (C=O) groups excluding carboxylic acids is 1. The molecule has 2 aromatic rings. The summed E-state index contributed by atoms with van der Waals surface area (Å²) in [5, 5.41) is 11.4. The van der Waals surface area contributed by atoms with Crippen LogP contribution in [-0.2, 0) is 12.3 Å². The van der Waals surface area contributed by atoms with Gasteiger partial charge in [-0.3, -0.25) is 0 Å². The van der Waals surface area contributed by atoms with E-state index >= 15 is 0 Å². The number of benzene rings is 1. The molecule has 0 spiro atoms. The van der Waals surface area contributed by atoms with Gasteiger partial charge in [0.05, 0.1) is 5.97 Å². The van der Waals surface area contributed by atoms with Gasteiger partial charge < -0.3 is 14.8 Å². The van der Waals surface area contributed by atoms with Crippen molar-refractivity contribution in [1.29, 1.82) is 0 Å². The van der Waals surface area contributed by atoms with Crippen molar-refractivity contribution in [2.45, 2.75) is 24.1 Å². The van der Waals surface area contributed by atoms with Crippen molar-refractivity contribution < 1.29 is 9.90 Å². The summed E-state index contributed by atoms with van der Waals surface area (Å²) in [5.41, 5.74) is 1.55. The minimum atomic E-state index is -1.08. The number of aromatic carboxylic acids is 1. The Labute approximate surface area is 133 Å². The maximum absolute atomic E-state index is 11.4. The van der Waals surface area contributed by atoms with Crippen molar-refractivity contribution in [2.75, 3.05) is 14.1 Å². The molecule has 0 saturated carbocycles. The smallest absolute Gasteiger partial charge is 0.0737 e. The van der Waals surface area contributed by atoms with Crippen LogP contribution >= 0.6 is 23.1 Å². The maximum Gasteiger partial charge on any atom is 0.0737 e. The van der Waals surface area contributed by atoms with Crippen molar-refractivity contribution in [1.82, 2.24) is 4.90 Å². The largest absolute Gasteiger partial charge is 0.545 e. The monoisotopic (exact) mass is 320 g/mol. The Kier molecular flexibility index (Phi) is 5.45. The molecule has 0 aliphatic carbocycles. The zero-order chi connectivity index (χ0) is 15.4. The topological polar surface area (TPSA) is 43.4 Å². The first kappa shape index (κ1) is 16.1. The van der Waals surface area contributed by atoms with Gasteiger partial charge >= 0.3 is 0 Å². The van der Waals surface area contributed by atoms with Gasteiger partial charge in [0.25, 0.3) is 0 Å². The van der Waals surface area contributed by atoms with Gasteiger partial charge in [0.2, 0.25) is 0 Å². The zero-order valence-corrected chi connectivity index (χ0v) is 14.0. The molecule has 0 aliphatic rings. The Morgan fingerprint density at radius 1 is 1.29 bits per heavy atom. The van der Waals surface area contributed by atoms with Gasteiger partial charge in [-0.15, -0.1) is 23.1 Å². The lowest BCUT2D eigenvalue weighted by Gasteiger charge is -2.12. The maximum atomic E-state index is 11.4. The molecule has 21 heavy (non-hydrogen) atoms. The second-order valence-corrected chi connectivity index (χ2v) is 7.38. The van der Waals surface area contributed by atoms with Crippen molar-refractivity contribution in [3.63, 3.8) is 0 Å². The molecular formula is C16H18NO2S2-. The predicted molar refractivity (Wildman–Crippen MR) is 86.8 cm³/mol. The van der Waals surface area contributed by atoms with E-state index in [2.05, 4.69) is 17.0 Å². The van der Waals surface area contributed by atoms with E-state index in [0.717, 1.165) is 26.9 Å². The van der Waals surface area contributed by atoms with E-state index in [9.17, 15) is 9.90 Å².